The Morgan fingerprint density at radius 3 is 2.46 bits per heavy atom. The number of halogens is 1. The minimum atomic E-state index is -0.739. The minimum absolute atomic E-state index is 0.0377. The first-order chi connectivity index (χ1) is 13.4. The van der Waals surface area contributed by atoms with Crippen LogP contribution in [0, 0.1) is 5.92 Å². The molecular formula is C22H26ClNO4. The summed E-state index contributed by atoms with van der Waals surface area (Å²) in [5, 5.41) is 9.42. The Balaban J connectivity index is 1.99. The van der Waals surface area contributed by atoms with E-state index >= 15 is 0 Å². The normalized spacial score (nSPS) is 12.3. The summed E-state index contributed by atoms with van der Waals surface area (Å²) in [5.41, 5.74) is 1.24. The number of phenolic OH excluding ortho intramolecular Hbond substituents is 1. The van der Waals surface area contributed by atoms with Crippen LogP contribution in [-0.4, -0.2) is 29.3 Å². The third-order valence-corrected chi connectivity index (χ3v) is 4.67. The molecule has 150 valence electrons. The lowest BCUT2D eigenvalue weighted by molar-refractivity contribution is -0.134. The van der Waals surface area contributed by atoms with E-state index < -0.39 is 11.3 Å². The van der Waals surface area contributed by atoms with E-state index in [1.165, 1.54) is 6.07 Å². The molecule has 1 unspecified atom stereocenters. The van der Waals surface area contributed by atoms with Gasteiger partial charge in [-0.2, -0.15) is 0 Å². The van der Waals surface area contributed by atoms with E-state index in [1.807, 2.05) is 38.1 Å². The number of unbranched alkanes of at least 4 members (excludes halogenated alkanes) is 1. The van der Waals surface area contributed by atoms with Crippen molar-refractivity contribution in [2.75, 3.05) is 6.61 Å². The summed E-state index contributed by atoms with van der Waals surface area (Å²) in [6, 6.07) is 12.0. The van der Waals surface area contributed by atoms with Crippen LogP contribution in [0.1, 0.15) is 39.2 Å². The Labute approximate surface area is 171 Å². The smallest absolute Gasteiger partial charge is 0.329 e. The van der Waals surface area contributed by atoms with Crippen molar-refractivity contribution in [3.8, 4) is 17.2 Å². The topological polar surface area (TPSA) is 68.1 Å². The van der Waals surface area contributed by atoms with Gasteiger partial charge in [-0.3, -0.25) is 9.79 Å². The van der Waals surface area contributed by atoms with Crippen LogP contribution in [0.15, 0.2) is 47.5 Å². The first kappa shape index (κ1) is 21.8. The first-order valence-corrected chi connectivity index (χ1v) is 9.80. The second-order valence-corrected chi connectivity index (χ2v) is 7.21. The number of nitrogens with zero attached hydrogens (tertiary/aromatic N) is 1. The van der Waals surface area contributed by atoms with Crippen molar-refractivity contribution in [2.45, 2.75) is 39.0 Å². The Hall–Kier alpha value is -2.53. The lowest BCUT2D eigenvalue weighted by atomic mass is 10.1. The maximum atomic E-state index is 11.9. The molecule has 0 amide bonds. The number of rotatable bonds is 9. The minimum Gasteiger partial charge on any atom is -0.507 e. The van der Waals surface area contributed by atoms with Crippen molar-refractivity contribution >= 4 is 29.5 Å². The highest BCUT2D eigenvalue weighted by molar-refractivity contribution is 6.30. The summed E-state index contributed by atoms with van der Waals surface area (Å²) in [6.45, 7) is 6.48. The average molecular weight is 404 g/mol. The quantitative estimate of drug-likeness (QED) is 0.197. The van der Waals surface area contributed by atoms with E-state index in [0.29, 0.717) is 12.2 Å². The van der Waals surface area contributed by atoms with Crippen LogP contribution >= 0.6 is 11.6 Å². The van der Waals surface area contributed by atoms with E-state index in [1.54, 1.807) is 18.3 Å². The highest BCUT2D eigenvalue weighted by Crippen LogP contribution is 2.25. The fourth-order valence-electron chi connectivity index (χ4n) is 2.25. The van der Waals surface area contributed by atoms with Gasteiger partial charge in [0, 0.05) is 17.8 Å². The van der Waals surface area contributed by atoms with Gasteiger partial charge in [0.05, 0.1) is 12.3 Å². The molecule has 0 heterocycles. The van der Waals surface area contributed by atoms with Gasteiger partial charge in [0.15, 0.2) is 0 Å². The number of phenols is 1. The van der Waals surface area contributed by atoms with Gasteiger partial charge in [0.2, 0.25) is 0 Å². The van der Waals surface area contributed by atoms with Gasteiger partial charge in [0.1, 0.15) is 22.6 Å². The molecule has 0 saturated carbocycles. The number of hydrogen-bond donors (Lipinski definition) is 1. The molecule has 0 saturated heterocycles. The predicted octanol–water partition coefficient (Wildman–Crippen LogP) is 5.49. The molecule has 0 aliphatic rings. The van der Waals surface area contributed by atoms with Crippen molar-refractivity contribution < 1.29 is 19.4 Å². The standard InChI is InChI=1S/C22H26ClNO4/c1-4-5-12-27-18-10-7-17(8-11-18)24-14-16-6-9-19(13-20(16)25)28-22(26)21(23)15(2)3/h6-11,13-15,21,25H,4-5,12H2,1-3H3. The number of alkyl halides is 1. The molecule has 0 bridgehead atoms. The summed E-state index contributed by atoms with van der Waals surface area (Å²) >= 11 is 5.98. The zero-order chi connectivity index (χ0) is 20.5. The Morgan fingerprint density at radius 1 is 1.18 bits per heavy atom. The maximum Gasteiger partial charge on any atom is 0.329 e. The SMILES string of the molecule is CCCCOc1ccc(N=Cc2ccc(OC(=O)C(Cl)C(C)C)cc2O)cc1. The molecular weight excluding hydrogens is 378 g/mol. The molecule has 6 heteroatoms. The number of benzene rings is 2. The number of hydrogen-bond acceptors (Lipinski definition) is 5. The van der Waals surface area contributed by atoms with Crippen molar-refractivity contribution in [3.63, 3.8) is 0 Å². The fraction of sp³-hybridized carbons (Fsp3) is 0.364. The summed E-state index contributed by atoms with van der Waals surface area (Å²) in [6.07, 6.45) is 3.66. The first-order valence-electron chi connectivity index (χ1n) is 9.36. The highest BCUT2D eigenvalue weighted by atomic mass is 35.5. The summed E-state index contributed by atoms with van der Waals surface area (Å²) in [4.78, 5) is 16.2. The third-order valence-electron chi connectivity index (χ3n) is 3.99. The third kappa shape index (κ3) is 6.57. The summed E-state index contributed by atoms with van der Waals surface area (Å²) in [5.74, 6) is 0.417. The number of carbonyl (C=O) groups excluding carboxylic acids is 1. The van der Waals surface area contributed by atoms with Crippen molar-refractivity contribution in [1.29, 1.82) is 0 Å². The van der Waals surface area contributed by atoms with E-state index in [2.05, 4.69) is 11.9 Å². The number of carbonyl (C=O) groups is 1. The van der Waals surface area contributed by atoms with Gasteiger partial charge in [-0.15, -0.1) is 11.6 Å². The second-order valence-electron chi connectivity index (χ2n) is 6.74. The lowest BCUT2D eigenvalue weighted by Gasteiger charge is -2.12. The molecule has 2 rings (SSSR count). The molecule has 2 aromatic carbocycles. The molecule has 0 spiro atoms. The van der Waals surface area contributed by atoms with Gasteiger partial charge in [0.25, 0.3) is 0 Å². The van der Waals surface area contributed by atoms with Gasteiger partial charge < -0.3 is 14.6 Å². The van der Waals surface area contributed by atoms with E-state index in [0.717, 1.165) is 24.3 Å². The Morgan fingerprint density at radius 2 is 1.86 bits per heavy atom. The molecule has 5 nitrogen and oxygen atoms in total. The number of aromatic hydroxyl groups is 1. The molecule has 28 heavy (non-hydrogen) atoms. The van der Waals surface area contributed by atoms with Gasteiger partial charge in [-0.05, 0) is 48.7 Å². The van der Waals surface area contributed by atoms with E-state index in [-0.39, 0.29) is 17.4 Å². The number of aliphatic imine (C=N–C) groups is 1. The Bertz CT molecular complexity index is 803. The summed E-state index contributed by atoms with van der Waals surface area (Å²) in [7, 11) is 0. The van der Waals surface area contributed by atoms with Crippen LogP contribution in [0.2, 0.25) is 0 Å². The lowest BCUT2D eigenvalue weighted by Crippen LogP contribution is -2.25. The zero-order valence-corrected chi connectivity index (χ0v) is 17.1. The van der Waals surface area contributed by atoms with Crippen LogP contribution in [0.4, 0.5) is 5.69 Å². The molecule has 0 radical (unpaired) electrons. The molecule has 0 fully saturated rings. The van der Waals surface area contributed by atoms with Crippen LogP contribution < -0.4 is 9.47 Å². The zero-order valence-electron chi connectivity index (χ0n) is 16.4. The van der Waals surface area contributed by atoms with E-state index in [9.17, 15) is 9.90 Å². The monoisotopic (exact) mass is 403 g/mol. The van der Waals surface area contributed by atoms with Crippen molar-refractivity contribution in [3.05, 3.63) is 48.0 Å². The van der Waals surface area contributed by atoms with Gasteiger partial charge in [-0.25, -0.2) is 0 Å². The van der Waals surface area contributed by atoms with Crippen molar-refractivity contribution in [2.24, 2.45) is 10.9 Å². The number of ether oxygens (including phenoxy) is 2. The molecule has 0 aliphatic heterocycles. The average Bonchev–Trinajstić information content (AvgIpc) is 2.68. The molecule has 0 aliphatic carbocycles. The molecule has 1 N–H and O–H groups in total. The molecule has 2 aromatic rings. The summed E-state index contributed by atoms with van der Waals surface area (Å²) < 4.78 is 10.8. The van der Waals surface area contributed by atoms with Crippen molar-refractivity contribution in [1.82, 2.24) is 0 Å². The van der Waals surface area contributed by atoms with Gasteiger partial charge >= 0.3 is 5.97 Å². The highest BCUT2D eigenvalue weighted by Gasteiger charge is 2.21. The second kappa shape index (κ2) is 10.7. The number of esters is 1. The largest absolute Gasteiger partial charge is 0.507 e. The van der Waals surface area contributed by atoms with Crippen LogP contribution in [0.25, 0.3) is 0 Å². The maximum absolute atomic E-state index is 11.9. The van der Waals surface area contributed by atoms with Gasteiger partial charge in [-0.1, -0.05) is 27.2 Å². The fourth-order valence-corrected chi connectivity index (χ4v) is 2.29. The van der Waals surface area contributed by atoms with E-state index in [4.69, 9.17) is 21.1 Å². The molecule has 0 aromatic heterocycles. The van der Waals surface area contributed by atoms with Crippen LogP contribution in [0.3, 0.4) is 0 Å². The van der Waals surface area contributed by atoms with Crippen LogP contribution in [0.5, 0.6) is 17.2 Å². The van der Waals surface area contributed by atoms with Crippen LogP contribution in [-0.2, 0) is 4.79 Å². The Kier molecular flexibility index (Phi) is 8.33. The predicted molar refractivity (Wildman–Crippen MR) is 112 cm³/mol. The molecule has 1 atom stereocenters.